The van der Waals surface area contributed by atoms with Gasteiger partial charge in [0.2, 0.25) is 5.76 Å². The van der Waals surface area contributed by atoms with Crippen LogP contribution in [0.3, 0.4) is 0 Å². The minimum Gasteiger partial charge on any atom is -0.490 e. The Kier molecular flexibility index (Phi) is 5.18. The molecule has 2 aromatic carbocycles. The van der Waals surface area contributed by atoms with Crippen LogP contribution < -0.4 is 15.1 Å². The van der Waals surface area contributed by atoms with Crippen LogP contribution in [0.5, 0.6) is 5.75 Å². The molecule has 0 fully saturated rings. The number of carbonyl (C=O) groups excluding carboxylic acids is 1. The van der Waals surface area contributed by atoms with Crippen molar-refractivity contribution in [1.82, 2.24) is 4.98 Å². The van der Waals surface area contributed by atoms with Crippen LogP contribution in [0.4, 0.5) is 10.2 Å². The highest BCUT2D eigenvalue weighted by molar-refractivity contribution is 6.30. The first kappa shape index (κ1) is 20.9. The van der Waals surface area contributed by atoms with Gasteiger partial charge in [0.1, 0.15) is 29.6 Å². The third kappa shape index (κ3) is 3.56. The minimum absolute atomic E-state index is 0.0587. The fourth-order valence-corrected chi connectivity index (χ4v) is 4.02. The van der Waals surface area contributed by atoms with Crippen molar-refractivity contribution in [2.45, 2.75) is 6.04 Å². The predicted octanol–water partition coefficient (Wildman–Crippen LogP) is 5.30. The van der Waals surface area contributed by atoms with Gasteiger partial charge in [-0.25, -0.2) is 9.37 Å². The second-order valence-corrected chi connectivity index (χ2v) is 7.83. The molecular formula is C25H16ClFN2O4. The topological polar surface area (TPSA) is 72.6 Å². The number of fused-ring (bicyclic) bond motifs is 2. The molecule has 1 aliphatic heterocycles. The first-order chi connectivity index (χ1) is 16.0. The summed E-state index contributed by atoms with van der Waals surface area (Å²) in [7, 11) is 0. The Morgan fingerprint density at radius 2 is 1.94 bits per heavy atom. The maximum Gasteiger partial charge on any atom is 0.296 e. The molecule has 8 heteroatoms. The van der Waals surface area contributed by atoms with Crippen molar-refractivity contribution in [3.63, 3.8) is 0 Å². The van der Waals surface area contributed by atoms with Crippen molar-refractivity contribution in [1.29, 1.82) is 0 Å². The molecule has 5 rings (SSSR count). The average molecular weight is 463 g/mol. The first-order valence-corrected chi connectivity index (χ1v) is 10.4. The van der Waals surface area contributed by atoms with E-state index in [4.69, 9.17) is 20.8 Å². The van der Waals surface area contributed by atoms with Gasteiger partial charge in [-0.2, -0.15) is 0 Å². The Balaban J connectivity index is 1.72. The second-order valence-electron chi connectivity index (χ2n) is 7.40. The summed E-state index contributed by atoms with van der Waals surface area (Å²) < 4.78 is 25.2. The van der Waals surface area contributed by atoms with Gasteiger partial charge in [0.25, 0.3) is 5.91 Å². The normalized spacial score (nSPS) is 15.0. The van der Waals surface area contributed by atoms with Gasteiger partial charge in [-0.3, -0.25) is 14.5 Å². The van der Waals surface area contributed by atoms with E-state index < -0.39 is 23.2 Å². The zero-order valence-electron chi connectivity index (χ0n) is 17.1. The fourth-order valence-electron chi connectivity index (χ4n) is 3.91. The van der Waals surface area contributed by atoms with Gasteiger partial charge in [0.05, 0.1) is 22.0 Å². The molecule has 1 atom stereocenters. The number of rotatable bonds is 5. The first-order valence-electron chi connectivity index (χ1n) is 10.0. The molecule has 0 spiro atoms. The molecule has 3 heterocycles. The number of aromatic nitrogens is 1. The molecule has 33 heavy (non-hydrogen) atoms. The zero-order valence-corrected chi connectivity index (χ0v) is 17.9. The lowest BCUT2D eigenvalue weighted by Gasteiger charge is -2.24. The van der Waals surface area contributed by atoms with Crippen LogP contribution in [0, 0.1) is 5.82 Å². The Labute approximate surface area is 192 Å². The molecule has 4 aromatic rings. The summed E-state index contributed by atoms with van der Waals surface area (Å²) in [5.41, 5.74) is 0.404. The number of amides is 1. The number of carbonyl (C=O) groups is 1. The molecule has 0 bridgehead atoms. The SMILES string of the molecule is C=CCOc1ccc(C2c3c(oc4ccc(F)cc4c3=O)C(=O)N2c2ccc(Cl)cn2)cc1. The largest absolute Gasteiger partial charge is 0.490 e. The van der Waals surface area contributed by atoms with E-state index in [1.165, 1.54) is 23.2 Å². The van der Waals surface area contributed by atoms with Crippen LogP contribution >= 0.6 is 11.6 Å². The van der Waals surface area contributed by atoms with Crippen molar-refractivity contribution >= 4 is 34.3 Å². The summed E-state index contributed by atoms with van der Waals surface area (Å²) in [5, 5.41) is 0.460. The summed E-state index contributed by atoms with van der Waals surface area (Å²) in [4.78, 5) is 32.6. The van der Waals surface area contributed by atoms with Gasteiger partial charge >= 0.3 is 0 Å². The summed E-state index contributed by atoms with van der Waals surface area (Å²) in [6, 6.07) is 13.0. The third-order valence-corrected chi connectivity index (χ3v) is 5.58. The third-order valence-electron chi connectivity index (χ3n) is 5.35. The van der Waals surface area contributed by atoms with Gasteiger partial charge in [-0.05, 0) is 48.0 Å². The van der Waals surface area contributed by atoms with Gasteiger partial charge < -0.3 is 9.15 Å². The smallest absolute Gasteiger partial charge is 0.296 e. The summed E-state index contributed by atoms with van der Waals surface area (Å²) >= 11 is 5.98. The lowest BCUT2D eigenvalue weighted by atomic mass is 9.98. The van der Waals surface area contributed by atoms with E-state index in [1.54, 1.807) is 42.5 Å². The molecule has 1 amide bonds. The van der Waals surface area contributed by atoms with E-state index >= 15 is 0 Å². The van der Waals surface area contributed by atoms with Crippen LogP contribution in [-0.4, -0.2) is 17.5 Å². The number of nitrogens with zero attached hydrogens (tertiary/aromatic N) is 2. The Bertz CT molecular complexity index is 1450. The van der Waals surface area contributed by atoms with E-state index in [-0.39, 0.29) is 22.3 Å². The molecule has 0 N–H and O–H groups in total. The van der Waals surface area contributed by atoms with E-state index in [9.17, 15) is 14.0 Å². The highest BCUT2D eigenvalue weighted by Crippen LogP contribution is 2.41. The maximum absolute atomic E-state index is 13.9. The van der Waals surface area contributed by atoms with Crippen LogP contribution in [0.15, 0.2) is 82.7 Å². The van der Waals surface area contributed by atoms with E-state index in [0.29, 0.717) is 28.8 Å². The molecule has 1 unspecified atom stereocenters. The van der Waals surface area contributed by atoms with Crippen LogP contribution in [0.2, 0.25) is 5.02 Å². The number of hydrogen-bond acceptors (Lipinski definition) is 5. The quantitative estimate of drug-likeness (QED) is 0.376. The Hall–Kier alpha value is -3.97. The van der Waals surface area contributed by atoms with Crippen molar-refractivity contribution in [2.75, 3.05) is 11.5 Å². The highest BCUT2D eigenvalue weighted by Gasteiger charge is 2.44. The highest BCUT2D eigenvalue weighted by atomic mass is 35.5. The van der Waals surface area contributed by atoms with E-state index in [1.807, 2.05) is 0 Å². The van der Waals surface area contributed by atoms with E-state index in [2.05, 4.69) is 11.6 Å². The lowest BCUT2D eigenvalue weighted by molar-refractivity contribution is 0.0970. The molecule has 0 saturated carbocycles. The van der Waals surface area contributed by atoms with Crippen LogP contribution in [0.1, 0.15) is 27.7 Å². The number of pyridine rings is 1. The van der Waals surface area contributed by atoms with Gasteiger partial charge in [-0.15, -0.1) is 0 Å². The van der Waals surface area contributed by atoms with Crippen LogP contribution in [0.25, 0.3) is 11.0 Å². The second kappa shape index (κ2) is 8.18. The molecule has 0 radical (unpaired) electrons. The predicted molar refractivity (Wildman–Crippen MR) is 122 cm³/mol. The molecule has 2 aromatic heterocycles. The van der Waals surface area contributed by atoms with Crippen molar-refractivity contribution in [3.05, 3.63) is 111 Å². The van der Waals surface area contributed by atoms with Crippen molar-refractivity contribution < 1.29 is 18.3 Å². The molecule has 0 saturated heterocycles. The number of ether oxygens (including phenoxy) is 1. The number of benzene rings is 2. The maximum atomic E-state index is 13.9. The van der Waals surface area contributed by atoms with Gasteiger partial charge in [-0.1, -0.05) is 36.4 Å². The van der Waals surface area contributed by atoms with Gasteiger partial charge in [0, 0.05) is 6.20 Å². The zero-order chi connectivity index (χ0) is 23.1. The van der Waals surface area contributed by atoms with Gasteiger partial charge in [0.15, 0.2) is 5.43 Å². The number of halogens is 2. The number of anilines is 1. The molecular weight excluding hydrogens is 447 g/mol. The van der Waals surface area contributed by atoms with Crippen molar-refractivity contribution in [3.8, 4) is 5.75 Å². The lowest BCUT2D eigenvalue weighted by Crippen LogP contribution is -2.30. The number of hydrogen-bond donors (Lipinski definition) is 0. The standard InChI is InChI=1S/C25H16ClFN2O4/c1-2-11-32-17-7-3-14(4-8-17)22-21-23(30)18-12-16(27)6-9-19(18)33-24(21)25(31)29(22)20-10-5-15(26)13-28-20/h2-10,12-13,22H,1,11H2. The van der Waals surface area contributed by atoms with Crippen LogP contribution in [-0.2, 0) is 0 Å². The molecule has 1 aliphatic rings. The fraction of sp³-hybridized carbons (Fsp3) is 0.0800. The Morgan fingerprint density at radius 3 is 2.64 bits per heavy atom. The molecule has 6 nitrogen and oxygen atoms in total. The van der Waals surface area contributed by atoms with Crippen molar-refractivity contribution in [2.24, 2.45) is 0 Å². The average Bonchev–Trinajstić information content (AvgIpc) is 3.11. The minimum atomic E-state index is -0.835. The summed E-state index contributed by atoms with van der Waals surface area (Å²) in [6.45, 7) is 3.96. The molecule has 0 aliphatic carbocycles. The summed E-state index contributed by atoms with van der Waals surface area (Å²) in [6.07, 6.45) is 3.04. The molecule has 164 valence electrons. The Morgan fingerprint density at radius 1 is 1.15 bits per heavy atom. The van der Waals surface area contributed by atoms with E-state index in [0.717, 1.165) is 6.07 Å². The monoisotopic (exact) mass is 462 g/mol. The summed E-state index contributed by atoms with van der Waals surface area (Å²) in [5.74, 6) is -0.307.